The van der Waals surface area contributed by atoms with E-state index in [1.807, 2.05) is 41.5 Å². The summed E-state index contributed by atoms with van der Waals surface area (Å²) in [6.45, 7) is 13.0. The van der Waals surface area contributed by atoms with Crippen molar-refractivity contribution in [3.63, 3.8) is 0 Å². The number of ether oxygens (including phenoxy) is 1. The third-order valence-corrected chi connectivity index (χ3v) is 3.72. The first kappa shape index (κ1) is 14.6. The van der Waals surface area contributed by atoms with Gasteiger partial charge in [-0.25, -0.2) is 10.0 Å². The zero-order valence-corrected chi connectivity index (χ0v) is 11.9. The van der Waals surface area contributed by atoms with E-state index in [0.717, 1.165) is 0 Å². The van der Waals surface area contributed by atoms with Gasteiger partial charge in [-0.05, 0) is 0 Å². The number of hydrogen-bond donors (Lipinski definition) is 1. The van der Waals surface area contributed by atoms with E-state index >= 15 is 0 Å². The molecule has 17 heavy (non-hydrogen) atoms. The summed E-state index contributed by atoms with van der Waals surface area (Å²) >= 11 is 0. The molecule has 2 unspecified atom stereocenters. The maximum absolute atomic E-state index is 11.5. The van der Waals surface area contributed by atoms with Gasteiger partial charge in [0.25, 0.3) is 0 Å². The van der Waals surface area contributed by atoms with E-state index in [1.165, 1.54) is 0 Å². The van der Waals surface area contributed by atoms with Gasteiger partial charge in [0, 0.05) is 10.8 Å². The van der Waals surface area contributed by atoms with Crippen LogP contribution in [0.4, 0.5) is 0 Å². The van der Waals surface area contributed by atoms with Crippen molar-refractivity contribution in [2.75, 3.05) is 13.2 Å². The number of carbonyl (C=O) groups excluding carboxylic acids is 1. The minimum Gasteiger partial charge on any atom is -0.369 e. The molecule has 0 radical (unpaired) electrons. The summed E-state index contributed by atoms with van der Waals surface area (Å²) in [7, 11) is 0. The third-order valence-electron chi connectivity index (χ3n) is 3.72. The summed E-state index contributed by atoms with van der Waals surface area (Å²) in [6.07, 6.45) is 0.675. The molecule has 100 valence electrons. The van der Waals surface area contributed by atoms with Gasteiger partial charge in [-0.1, -0.05) is 41.5 Å². The topological polar surface area (TPSA) is 46.5 Å². The quantitative estimate of drug-likeness (QED) is 0.437. The molecule has 1 heterocycles. The van der Waals surface area contributed by atoms with E-state index in [2.05, 4.69) is 0 Å². The summed E-state index contributed by atoms with van der Waals surface area (Å²) in [5.41, 5.74) is -0.362. The molecule has 4 heteroatoms. The van der Waals surface area contributed by atoms with Crippen LogP contribution in [-0.4, -0.2) is 41.6 Å². The maximum Gasteiger partial charge on any atom is 0.334 e. The number of hydroxylamine groups is 3. The maximum atomic E-state index is 11.5. The van der Waals surface area contributed by atoms with Crippen LogP contribution in [0.3, 0.4) is 0 Å². The van der Waals surface area contributed by atoms with E-state index in [4.69, 9.17) is 4.74 Å². The first-order valence-electron chi connectivity index (χ1n) is 6.18. The van der Waals surface area contributed by atoms with Crippen molar-refractivity contribution in [2.24, 2.45) is 10.8 Å². The molecule has 0 saturated carbocycles. The Balaban J connectivity index is 3.15. The van der Waals surface area contributed by atoms with Crippen LogP contribution in [0, 0.1) is 10.8 Å². The van der Waals surface area contributed by atoms with E-state index in [9.17, 15) is 10.0 Å². The molecule has 1 amide bonds. The molecule has 0 aliphatic carbocycles. The van der Waals surface area contributed by atoms with E-state index in [1.54, 1.807) is 0 Å². The molecule has 0 aromatic rings. The van der Waals surface area contributed by atoms with Crippen LogP contribution in [0.2, 0.25) is 0 Å². The molecule has 1 rings (SSSR count). The summed E-state index contributed by atoms with van der Waals surface area (Å²) in [5, 5.41) is 10.8. The number of amides is 1. The Bertz CT molecular complexity index is 266. The molecule has 1 fully saturated rings. The fraction of sp³-hybridized carbons (Fsp3) is 0.923. The molecular weight excluding hydrogens is 218 g/mol. The van der Waals surface area contributed by atoms with Gasteiger partial charge in [0.15, 0.2) is 12.1 Å². The Morgan fingerprint density at radius 3 is 1.65 bits per heavy atom. The Kier molecular flexibility index (Phi) is 3.73. The zero-order valence-electron chi connectivity index (χ0n) is 11.9. The van der Waals surface area contributed by atoms with Crippen molar-refractivity contribution < 1.29 is 19.4 Å². The second-order valence-corrected chi connectivity index (χ2v) is 7.20. The molecule has 1 aliphatic rings. The van der Waals surface area contributed by atoms with Gasteiger partial charge in [0.1, 0.15) is 13.2 Å². The number of nitrogens with zero attached hydrogens (tertiary/aromatic N) is 1. The number of morpholine rings is 1. The van der Waals surface area contributed by atoms with Crippen molar-refractivity contribution in [2.45, 2.75) is 53.6 Å². The van der Waals surface area contributed by atoms with E-state index in [0.29, 0.717) is 19.6 Å². The van der Waals surface area contributed by atoms with Crippen LogP contribution in [0.25, 0.3) is 0 Å². The monoisotopic (exact) mass is 244 g/mol. The minimum atomic E-state index is -0.535. The highest BCUT2D eigenvalue weighted by molar-refractivity contribution is 5.37. The lowest BCUT2D eigenvalue weighted by Gasteiger charge is -2.50. The first-order valence-corrected chi connectivity index (χ1v) is 6.18. The van der Waals surface area contributed by atoms with Gasteiger partial charge in [-0.2, -0.15) is 0 Å². The molecule has 0 aromatic carbocycles. The SMILES string of the molecule is CC(C)(C)C1COCC(C(C)(C)C)[N+]1(O)C=O. The molecule has 0 spiro atoms. The van der Waals surface area contributed by atoms with Crippen molar-refractivity contribution in [1.82, 2.24) is 0 Å². The zero-order chi connectivity index (χ0) is 13.5. The predicted octanol–water partition coefficient (Wildman–Crippen LogP) is 2.21. The first-order chi connectivity index (χ1) is 7.53. The fourth-order valence-corrected chi connectivity index (χ4v) is 2.64. The smallest absolute Gasteiger partial charge is 0.334 e. The van der Waals surface area contributed by atoms with Gasteiger partial charge in [-0.3, -0.25) is 0 Å². The van der Waals surface area contributed by atoms with Gasteiger partial charge in [0.2, 0.25) is 0 Å². The molecule has 0 bridgehead atoms. The van der Waals surface area contributed by atoms with Crippen molar-refractivity contribution in [3.05, 3.63) is 0 Å². The van der Waals surface area contributed by atoms with Crippen LogP contribution in [0.5, 0.6) is 0 Å². The fourth-order valence-electron chi connectivity index (χ4n) is 2.64. The van der Waals surface area contributed by atoms with Gasteiger partial charge < -0.3 is 4.74 Å². The largest absolute Gasteiger partial charge is 0.369 e. The Morgan fingerprint density at radius 1 is 1.06 bits per heavy atom. The highest BCUT2D eigenvalue weighted by Crippen LogP contribution is 2.38. The second kappa shape index (κ2) is 4.34. The Labute approximate surface area is 104 Å². The molecule has 1 aliphatic heterocycles. The molecule has 2 atom stereocenters. The highest BCUT2D eigenvalue weighted by atomic mass is 16.6. The van der Waals surface area contributed by atoms with Crippen molar-refractivity contribution in [3.8, 4) is 0 Å². The highest BCUT2D eigenvalue weighted by Gasteiger charge is 2.56. The summed E-state index contributed by atoms with van der Waals surface area (Å²) in [6, 6.07) is -0.448. The summed E-state index contributed by atoms with van der Waals surface area (Å²) in [4.78, 5) is 11.5. The van der Waals surface area contributed by atoms with Crippen LogP contribution in [-0.2, 0) is 9.53 Å². The summed E-state index contributed by atoms with van der Waals surface area (Å²) < 4.78 is 5.08. The average Bonchev–Trinajstić information content (AvgIpc) is 2.14. The molecule has 1 N–H and O–H groups in total. The van der Waals surface area contributed by atoms with Crippen molar-refractivity contribution in [1.29, 1.82) is 0 Å². The van der Waals surface area contributed by atoms with Gasteiger partial charge in [0.05, 0.1) is 0 Å². The lowest BCUT2D eigenvalue weighted by Crippen LogP contribution is -2.71. The standard InChI is InChI=1S/C13H26NO3/c1-12(2,3)10-7-17-8-11(13(4,5)6)14(10,16)9-15/h9-11,16H,7-8H2,1-6H3/q+1. The lowest BCUT2D eigenvalue weighted by atomic mass is 9.79. The van der Waals surface area contributed by atoms with Crippen LogP contribution >= 0.6 is 0 Å². The van der Waals surface area contributed by atoms with Crippen LogP contribution in [0.15, 0.2) is 0 Å². The Morgan fingerprint density at radius 2 is 1.41 bits per heavy atom. The number of quaternary nitrogens is 1. The number of carbonyl (C=O) groups is 1. The van der Waals surface area contributed by atoms with E-state index in [-0.39, 0.29) is 22.9 Å². The third kappa shape index (κ3) is 2.69. The Hall–Kier alpha value is -0.450. The summed E-state index contributed by atoms with van der Waals surface area (Å²) in [5.74, 6) is 0. The van der Waals surface area contributed by atoms with Crippen LogP contribution in [0.1, 0.15) is 41.5 Å². The lowest BCUT2D eigenvalue weighted by molar-refractivity contribution is -1.08. The van der Waals surface area contributed by atoms with Gasteiger partial charge in [-0.15, -0.1) is 4.65 Å². The molecular formula is C13H26NO3+. The predicted molar refractivity (Wildman–Crippen MR) is 65.4 cm³/mol. The molecule has 0 aromatic heterocycles. The van der Waals surface area contributed by atoms with E-state index < -0.39 is 4.65 Å². The molecule has 1 saturated heterocycles. The van der Waals surface area contributed by atoms with Crippen LogP contribution < -0.4 is 0 Å². The minimum absolute atomic E-state index is 0.181. The number of rotatable bonds is 1. The van der Waals surface area contributed by atoms with Gasteiger partial charge >= 0.3 is 6.41 Å². The number of hydrogen-bond acceptors (Lipinski definition) is 3. The average molecular weight is 244 g/mol. The normalized spacial score (nSPS) is 35.7. The molecule has 4 nitrogen and oxygen atoms in total. The van der Waals surface area contributed by atoms with Crippen molar-refractivity contribution >= 4 is 6.41 Å². The second-order valence-electron chi connectivity index (χ2n) is 7.20.